The molecular weight excluding hydrogens is 340 g/mol. The van der Waals surface area contributed by atoms with E-state index in [2.05, 4.69) is 41.8 Å². The van der Waals surface area contributed by atoms with Gasteiger partial charge in [-0.1, -0.05) is 43.3 Å². The monoisotopic (exact) mass is 366 g/mol. The number of aliphatic hydroxyl groups is 1. The molecular formula is C22H26N2O3. The predicted molar refractivity (Wildman–Crippen MR) is 106 cm³/mol. The van der Waals surface area contributed by atoms with E-state index in [0.717, 1.165) is 30.5 Å². The molecule has 3 N–H and O–H groups in total. The number of ketones is 1. The number of aryl methyl sites for hydroxylation is 1. The summed E-state index contributed by atoms with van der Waals surface area (Å²) in [4.78, 5) is 24.9. The molecule has 0 aromatic heterocycles. The number of benzene rings is 2. The van der Waals surface area contributed by atoms with Crippen LogP contribution in [0.3, 0.4) is 0 Å². The number of hydrogen-bond acceptors (Lipinski definition) is 4. The quantitative estimate of drug-likeness (QED) is 0.733. The van der Waals surface area contributed by atoms with Crippen LogP contribution in [0.2, 0.25) is 0 Å². The Bertz CT molecular complexity index is 791. The van der Waals surface area contributed by atoms with Crippen molar-refractivity contribution >= 4 is 11.7 Å². The van der Waals surface area contributed by atoms with E-state index in [9.17, 15) is 14.7 Å². The number of amides is 1. The predicted octanol–water partition coefficient (Wildman–Crippen LogP) is 2.33. The molecule has 1 aliphatic heterocycles. The topological polar surface area (TPSA) is 78.4 Å². The molecule has 0 bridgehead atoms. The van der Waals surface area contributed by atoms with Gasteiger partial charge in [-0.25, -0.2) is 0 Å². The van der Waals surface area contributed by atoms with Crippen LogP contribution in [0.4, 0.5) is 0 Å². The highest BCUT2D eigenvalue weighted by atomic mass is 16.3. The second-order valence-electron chi connectivity index (χ2n) is 7.03. The molecule has 142 valence electrons. The standard InChI is InChI=1S/C22H26N2O3/c1-2-16-4-6-17(7-5-16)18-8-10-19(11-9-18)21(27)24-22(20(26)14-25)12-3-13-23-15-22/h4-11,23,25H,2-3,12-15H2,1H3,(H,24,27)/t22-/m1/s1. The van der Waals surface area contributed by atoms with Crippen molar-refractivity contribution in [2.24, 2.45) is 0 Å². The van der Waals surface area contributed by atoms with E-state index in [0.29, 0.717) is 18.5 Å². The Morgan fingerprint density at radius 3 is 2.22 bits per heavy atom. The third-order valence-corrected chi connectivity index (χ3v) is 5.26. The normalized spacial score (nSPS) is 19.5. The average molecular weight is 366 g/mol. The van der Waals surface area contributed by atoms with Crippen molar-refractivity contribution in [3.8, 4) is 11.1 Å². The van der Waals surface area contributed by atoms with Crippen molar-refractivity contribution in [3.05, 3.63) is 59.7 Å². The summed E-state index contributed by atoms with van der Waals surface area (Å²) in [6.07, 6.45) is 2.31. The van der Waals surface area contributed by atoms with Gasteiger partial charge in [0.1, 0.15) is 12.1 Å². The Morgan fingerprint density at radius 2 is 1.70 bits per heavy atom. The van der Waals surface area contributed by atoms with Gasteiger partial charge in [-0.2, -0.15) is 0 Å². The molecule has 1 heterocycles. The summed E-state index contributed by atoms with van der Waals surface area (Å²) in [5.74, 6) is -0.649. The van der Waals surface area contributed by atoms with E-state index in [4.69, 9.17) is 0 Å². The third-order valence-electron chi connectivity index (χ3n) is 5.26. The molecule has 5 nitrogen and oxygen atoms in total. The smallest absolute Gasteiger partial charge is 0.252 e. The Labute approximate surface area is 159 Å². The first-order valence-electron chi connectivity index (χ1n) is 9.45. The van der Waals surface area contributed by atoms with Crippen molar-refractivity contribution in [3.63, 3.8) is 0 Å². The lowest BCUT2D eigenvalue weighted by molar-refractivity contribution is -0.128. The highest BCUT2D eigenvalue weighted by molar-refractivity contribution is 6.00. The van der Waals surface area contributed by atoms with Gasteiger partial charge in [-0.05, 0) is 54.6 Å². The Hall–Kier alpha value is -2.50. The molecule has 1 saturated heterocycles. The van der Waals surface area contributed by atoms with Crippen molar-refractivity contribution in [2.75, 3.05) is 19.7 Å². The molecule has 1 fully saturated rings. The summed E-state index contributed by atoms with van der Waals surface area (Å²) in [6, 6.07) is 15.7. The van der Waals surface area contributed by atoms with Crippen molar-refractivity contribution in [1.82, 2.24) is 10.6 Å². The summed E-state index contributed by atoms with van der Waals surface area (Å²) < 4.78 is 0. The SMILES string of the molecule is CCc1ccc(-c2ccc(C(=O)N[C@]3(C(=O)CO)CCCNC3)cc2)cc1. The molecule has 3 rings (SSSR count). The molecule has 27 heavy (non-hydrogen) atoms. The minimum Gasteiger partial charge on any atom is -0.388 e. The number of nitrogens with one attached hydrogen (secondary N) is 2. The zero-order chi connectivity index (χ0) is 19.3. The summed E-state index contributed by atoms with van der Waals surface area (Å²) in [5, 5.41) is 15.3. The molecule has 2 aromatic carbocycles. The van der Waals surface area contributed by atoms with Gasteiger partial charge in [0.2, 0.25) is 0 Å². The molecule has 0 saturated carbocycles. The van der Waals surface area contributed by atoms with Crippen LogP contribution in [-0.2, 0) is 11.2 Å². The van der Waals surface area contributed by atoms with Gasteiger partial charge in [-0.15, -0.1) is 0 Å². The molecule has 1 atom stereocenters. The first-order valence-corrected chi connectivity index (χ1v) is 9.45. The second-order valence-corrected chi connectivity index (χ2v) is 7.03. The van der Waals surface area contributed by atoms with Crippen LogP contribution in [0.25, 0.3) is 11.1 Å². The van der Waals surface area contributed by atoms with E-state index >= 15 is 0 Å². The molecule has 0 spiro atoms. The van der Waals surface area contributed by atoms with Crippen molar-refractivity contribution in [2.45, 2.75) is 31.7 Å². The Balaban J connectivity index is 1.75. The molecule has 1 amide bonds. The number of carbonyl (C=O) groups excluding carboxylic acids is 2. The van der Waals surface area contributed by atoms with Gasteiger partial charge in [0.05, 0.1) is 0 Å². The highest BCUT2D eigenvalue weighted by Crippen LogP contribution is 2.22. The number of aliphatic hydroxyl groups excluding tert-OH is 1. The van der Waals surface area contributed by atoms with Crippen molar-refractivity contribution < 1.29 is 14.7 Å². The highest BCUT2D eigenvalue weighted by Gasteiger charge is 2.40. The maximum atomic E-state index is 12.7. The molecule has 0 radical (unpaired) electrons. The van der Waals surface area contributed by atoms with Crippen LogP contribution in [0, 0.1) is 0 Å². The molecule has 2 aromatic rings. The van der Waals surface area contributed by atoms with Gasteiger partial charge in [0.15, 0.2) is 5.78 Å². The van der Waals surface area contributed by atoms with Gasteiger partial charge in [0, 0.05) is 12.1 Å². The van der Waals surface area contributed by atoms with Crippen LogP contribution in [0.5, 0.6) is 0 Å². The largest absolute Gasteiger partial charge is 0.388 e. The lowest BCUT2D eigenvalue weighted by atomic mass is 9.85. The lowest BCUT2D eigenvalue weighted by Crippen LogP contribution is -2.63. The minimum absolute atomic E-state index is 0.298. The fraction of sp³-hybridized carbons (Fsp3) is 0.364. The van der Waals surface area contributed by atoms with Crippen LogP contribution < -0.4 is 10.6 Å². The fourth-order valence-corrected chi connectivity index (χ4v) is 3.51. The first kappa shape index (κ1) is 19.3. The van der Waals surface area contributed by atoms with Crippen LogP contribution in [-0.4, -0.2) is 42.0 Å². The number of Topliss-reactive ketones (excluding diaryl/α,β-unsaturated/α-hetero) is 1. The zero-order valence-electron chi connectivity index (χ0n) is 15.6. The fourth-order valence-electron chi connectivity index (χ4n) is 3.51. The summed E-state index contributed by atoms with van der Waals surface area (Å²) in [6.45, 7) is 2.70. The van der Waals surface area contributed by atoms with Crippen LogP contribution in [0.1, 0.15) is 35.7 Å². The maximum absolute atomic E-state index is 12.7. The van der Waals surface area contributed by atoms with Gasteiger partial charge >= 0.3 is 0 Å². The molecule has 0 aliphatic carbocycles. The van der Waals surface area contributed by atoms with Crippen molar-refractivity contribution in [1.29, 1.82) is 0 Å². The first-order chi connectivity index (χ1) is 13.1. The van der Waals surface area contributed by atoms with E-state index in [-0.39, 0.29) is 11.7 Å². The average Bonchev–Trinajstić information content (AvgIpc) is 2.74. The van der Waals surface area contributed by atoms with E-state index < -0.39 is 12.1 Å². The van der Waals surface area contributed by atoms with Crippen LogP contribution in [0.15, 0.2) is 48.5 Å². The van der Waals surface area contributed by atoms with Gasteiger partial charge < -0.3 is 15.7 Å². The number of rotatable bonds is 6. The van der Waals surface area contributed by atoms with E-state index in [1.54, 1.807) is 12.1 Å². The van der Waals surface area contributed by atoms with Crippen LogP contribution >= 0.6 is 0 Å². The lowest BCUT2D eigenvalue weighted by Gasteiger charge is -2.36. The van der Waals surface area contributed by atoms with Gasteiger partial charge in [-0.3, -0.25) is 9.59 Å². The molecule has 0 unspecified atom stereocenters. The number of piperidine rings is 1. The van der Waals surface area contributed by atoms with E-state index in [1.165, 1.54) is 5.56 Å². The molecule has 5 heteroatoms. The Kier molecular flexibility index (Phi) is 6.04. The second kappa shape index (κ2) is 8.46. The molecule has 1 aliphatic rings. The number of hydrogen-bond donors (Lipinski definition) is 3. The summed E-state index contributed by atoms with van der Waals surface area (Å²) >= 11 is 0. The maximum Gasteiger partial charge on any atom is 0.252 e. The van der Waals surface area contributed by atoms with Gasteiger partial charge in [0.25, 0.3) is 5.91 Å². The third kappa shape index (κ3) is 4.26. The summed E-state index contributed by atoms with van der Waals surface area (Å²) in [5.41, 5.74) is 2.89. The zero-order valence-corrected chi connectivity index (χ0v) is 15.6. The number of carbonyl (C=O) groups is 2. The Morgan fingerprint density at radius 1 is 1.07 bits per heavy atom. The minimum atomic E-state index is -1.03. The summed E-state index contributed by atoms with van der Waals surface area (Å²) in [7, 11) is 0. The van der Waals surface area contributed by atoms with E-state index in [1.807, 2.05) is 12.1 Å².